The SMILES string of the molecule is Cc1cccc(-c2cccc(-n3c4ccccc4c4ccccc43)c2)c1-c1nc(-c2ccccc2)nc(-c2cc(-c3ccccc3)cc(-c3ccccc3)c2)c1C. The zero-order valence-corrected chi connectivity index (χ0v) is 31.9. The summed E-state index contributed by atoms with van der Waals surface area (Å²) in [5, 5.41) is 2.50. The van der Waals surface area contributed by atoms with Gasteiger partial charge in [-0.2, -0.15) is 0 Å². The summed E-state index contributed by atoms with van der Waals surface area (Å²) in [6.07, 6.45) is 0. The first kappa shape index (κ1) is 34.2. The van der Waals surface area contributed by atoms with Crippen molar-refractivity contribution in [2.75, 3.05) is 0 Å². The molecule has 0 saturated carbocycles. The fraction of sp³-hybridized carbons (Fsp3) is 0.0370. The lowest BCUT2D eigenvalue weighted by molar-refractivity contribution is 1.14. The molecule has 2 heterocycles. The van der Waals surface area contributed by atoms with Crippen LogP contribution in [0.1, 0.15) is 11.1 Å². The summed E-state index contributed by atoms with van der Waals surface area (Å²) in [4.78, 5) is 10.8. The van der Waals surface area contributed by atoms with Crippen LogP contribution in [0.4, 0.5) is 0 Å². The van der Waals surface area contributed by atoms with Gasteiger partial charge in [-0.1, -0.05) is 158 Å². The first-order valence-corrected chi connectivity index (χ1v) is 19.5. The van der Waals surface area contributed by atoms with Gasteiger partial charge in [-0.25, -0.2) is 9.97 Å². The van der Waals surface area contributed by atoms with E-state index in [0.717, 1.165) is 78.3 Å². The molecule has 57 heavy (non-hydrogen) atoms. The predicted molar refractivity (Wildman–Crippen MR) is 238 cm³/mol. The summed E-state index contributed by atoms with van der Waals surface area (Å²) in [5.41, 5.74) is 17.6. The molecule has 0 N–H and O–H groups in total. The van der Waals surface area contributed by atoms with Gasteiger partial charge in [0.05, 0.1) is 22.4 Å². The fourth-order valence-electron chi connectivity index (χ4n) is 8.35. The maximum atomic E-state index is 5.44. The van der Waals surface area contributed by atoms with E-state index >= 15 is 0 Å². The molecule has 3 heteroatoms. The Morgan fingerprint density at radius 3 is 1.47 bits per heavy atom. The highest BCUT2D eigenvalue weighted by atomic mass is 15.0. The molecule has 0 unspecified atom stereocenters. The molecular weight excluding hydrogens is 691 g/mol. The van der Waals surface area contributed by atoms with E-state index in [1.165, 1.54) is 21.8 Å². The van der Waals surface area contributed by atoms with E-state index in [1.807, 2.05) is 6.07 Å². The number of rotatable bonds is 7. The molecule has 2 aromatic heterocycles. The summed E-state index contributed by atoms with van der Waals surface area (Å²) in [7, 11) is 0. The monoisotopic (exact) mass is 729 g/mol. The largest absolute Gasteiger partial charge is 0.309 e. The van der Waals surface area contributed by atoms with Crippen LogP contribution in [0.2, 0.25) is 0 Å². The van der Waals surface area contributed by atoms with Crippen LogP contribution in [0.15, 0.2) is 200 Å². The van der Waals surface area contributed by atoms with Crippen molar-refractivity contribution in [3.8, 4) is 73.0 Å². The summed E-state index contributed by atoms with van der Waals surface area (Å²) >= 11 is 0. The first-order valence-electron chi connectivity index (χ1n) is 19.5. The maximum Gasteiger partial charge on any atom is 0.160 e. The number of hydrogen-bond acceptors (Lipinski definition) is 2. The van der Waals surface area contributed by atoms with Crippen LogP contribution >= 0.6 is 0 Å². The molecule has 10 rings (SSSR count). The second-order valence-electron chi connectivity index (χ2n) is 14.7. The average Bonchev–Trinajstić information content (AvgIpc) is 3.62. The van der Waals surface area contributed by atoms with Crippen molar-refractivity contribution < 1.29 is 0 Å². The minimum Gasteiger partial charge on any atom is -0.309 e. The molecular formula is C54H39N3. The second kappa shape index (κ2) is 14.4. The molecule has 8 aromatic carbocycles. The van der Waals surface area contributed by atoms with Crippen molar-refractivity contribution in [2.45, 2.75) is 13.8 Å². The Morgan fingerprint density at radius 2 is 0.860 bits per heavy atom. The molecule has 0 radical (unpaired) electrons. The number of hydrogen-bond donors (Lipinski definition) is 0. The Kier molecular flexibility index (Phi) is 8.61. The van der Waals surface area contributed by atoms with Crippen molar-refractivity contribution in [3.63, 3.8) is 0 Å². The summed E-state index contributed by atoms with van der Waals surface area (Å²) < 4.78 is 2.38. The van der Waals surface area contributed by atoms with Gasteiger partial charge in [0.1, 0.15) is 0 Å². The van der Waals surface area contributed by atoms with Crippen molar-refractivity contribution >= 4 is 21.8 Å². The minimum atomic E-state index is 0.700. The molecule has 0 aliphatic heterocycles. The predicted octanol–water partition coefficient (Wildman–Crippen LogP) is 14.2. The Labute approximate surface area is 333 Å². The number of aromatic nitrogens is 3. The van der Waals surface area contributed by atoms with Crippen LogP contribution in [-0.2, 0) is 0 Å². The van der Waals surface area contributed by atoms with E-state index in [2.05, 4.69) is 213 Å². The maximum absolute atomic E-state index is 5.44. The number of para-hydroxylation sites is 2. The number of benzene rings is 8. The van der Waals surface area contributed by atoms with Crippen LogP contribution in [0.5, 0.6) is 0 Å². The van der Waals surface area contributed by atoms with Crippen molar-refractivity contribution in [1.29, 1.82) is 0 Å². The van der Waals surface area contributed by atoms with Crippen molar-refractivity contribution in [1.82, 2.24) is 14.5 Å². The highest BCUT2D eigenvalue weighted by Gasteiger charge is 2.22. The van der Waals surface area contributed by atoms with Gasteiger partial charge >= 0.3 is 0 Å². The summed E-state index contributed by atoms with van der Waals surface area (Å²) in [6, 6.07) is 71.3. The van der Waals surface area contributed by atoms with Crippen molar-refractivity contribution in [3.05, 3.63) is 211 Å². The minimum absolute atomic E-state index is 0.700. The Bertz CT molecular complexity index is 2960. The second-order valence-corrected chi connectivity index (χ2v) is 14.7. The highest BCUT2D eigenvalue weighted by molar-refractivity contribution is 6.09. The first-order chi connectivity index (χ1) is 28.1. The standard InChI is InChI=1S/C54H39N3/c1-36-18-16-29-46(41-25-17-26-45(35-41)57-49-30-14-12-27-47(49)48-28-13-15-31-50(48)57)51(36)53-37(2)52(55-54(56-53)40-23-10-5-11-24-40)44-33-42(38-19-6-3-7-20-38)32-43(34-44)39-21-8-4-9-22-39/h3-35H,1-2H3. The van der Waals surface area contributed by atoms with Crippen LogP contribution in [-0.4, -0.2) is 14.5 Å². The van der Waals surface area contributed by atoms with Gasteiger partial charge in [0.15, 0.2) is 5.82 Å². The molecule has 0 aliphatic rings. The quantitative estimate of drug-likeness (QED) is 0.164. The number of nitrogens with zero attached hydrogens (tertiary/aromatic N) is 3. The number of aryl methyl sites for hydroxylation is 1. The summed E-state index contributed by atoms with van der Waals surface area (Å²) in [5.74, 6) is 0.700. The lowest BCUT2D eigenvalue weighted by Gasteiger charge is -2.19. The van der Waals surface area contributed by atoms with E-state index in [-0.39, 0.29) is 0 Å². The average molecular weight is 730 g/mol. The van der Waals surface area contributed by atoms with Crippen LogP contribution in [0.3, 0.4) is 0 Å². The molecule has 10 aromatic rings. The Hall–Kier alpha value is -7.36. The molecule has 3 nitrogen and oxygen atoms in total. The van der Waals surface area contributed by atoms with Gasteiger partial charge in [-0.15, -0.1) is 0 Å². The molecule has 0 saturated heterocycles. The zero-order chi connectivity index (χ0) is 38.3. The lowest BCUT2D eigenvalue weighted by Crippen LogP contribution is -2.03. The van der Waals surface area contributed by atoms with E-state index < -0.39 is 0 Å². The summed E-state index contributed by atoms with van der Waals surface area (Å²) in [6.45, 7) is 4.38. The Morgan fingerprint density at radius 1 is 0.368 bits per heavy atom. The molecule has 0 aliphatic carbocycles. The lowest BCUT2D eigenvalue weighted by atomic mass is 9.89. The van der Waals surface area contributed by atoms with Gasteiger partial charge in [-0.05, 0) is 95.3 Å². The molecule has 0 atom stereocenters. The van der Waals surface area contributed by atoms with E-state index in [1.54, 1.807) is 0 Å². The number of fused-ring (bicyclic) bond motifs is 3. The third kappa shape index (κ3) is 6.20. The third-order valence-corrected chi connectivity index (χ3v) is 11.1. The molecule has 0 bridgehead atoms. The van der Waals surface area contributed by atoms with E-state index in [0.29, 0.717) is 5.82 Å². The van der Waals surface area contributed by atoms with E-state index in [9.17, 15) is 0 Å². The fourth-order valence-corrected chi connectivity index (χ4v) is 8.35. The van der Waals surface area contributed by atoms with Crippen LogP contribution in [0, 0.1) is 13.8 Å². The molecule has 0 fully saturated rings. The molecule has 0 amide bonds. The normalized spacial score (nSPS) is 11.3. The van der Waals surface area contributed by atoms with Gasteiger partial charge in [-0.3, -0.25) is 0 Å². The van der Waals surface area contributed by atoms with Crippen LogP contribution in [0.25, 0.3) is 94.8 Å². The highest BCUT2D eigenvalue weighted by Crippen LogP contribution is 2.42. The third-order valence-electron chi connectivity index (χ3n) is 11.1. The van der Waals surface area contributed by atoms with Gasteiger partial charge in [0, 0.05) is 38.7 Å². The van der Waals surface area contributed by atoms with Gasteiger partial charge in [0.25, 0.3) is 0 Å². The smallest absolute Gasteiger partial charge is 0.160 e. The van der Waals surface area contributed by atoms with Gasteiger partial charge < -0.3 is 4.57 Å². The van der Waals surface area contributed by atoms with Crippen molar-refractivity contribution in [2.24, 2.45) is 0 Å². The van der Waals surface area contributed by atoms with E-state index in [4.69, 9.17) is 9.97 Å². The molecule has 270 valence electrons. The Balaban J connectivity index is 1.20. The topological polar surface area (TPSA) is 30.7 Å². The van der Waals surface area contributed by atoms with Crippen LogP contribution < -0.4 is 0 Å². The zero-order valence-electron chi connectivity index (χ0n) is 31.9. The molecule has 0 spiro atoms. The van der Waals surface area contributed by atoms with Gasteiger partial charge in [0.2, 0.25) is 0 Å².